The first-order valence-electron chi connectivity index (χ1n) is 11.2. The second-order valence-corrected chi connectivity index (χ2v) is 9.25. The summed E-state index contributed by atoms with van der Waals surface area (Å²) in [5.41, 5.74) is 1.13. The van der Waals surface area contributed by atoms with Crippen LogP contribution in [0.5, 0.6) is 5.75 Å². The molecular formula is C25H23ClN2O5. The van der Waals surface area contributed by atoms with Crippen molar-refractivity contribution >= 4 is 46.7 Å². The molecule has 8 heteroatoms. The first-order chi connectivity index (χ1) is 15.9. The molecule has 0 spiro atoms. The molecule has 33 heavy (non-hydrogen) atoms. The Morgan fingerprint density at radius 3 is 2.21 bits per heavy atom. The third kappa shape index (κ3) is 4.02. The van der Waals surface area contributed by atoms with Gasteiger partial charge in [0.15, 0.2) is 0 Å². The molecule has 1 aliphatic carbocycles. The SMILES string of the molecule is O=C(Oc1ccc(N2C(=O)[C@H]3CCCC[C@H]3C2=O)cc1)[C@H]1CC(=O)N(c2cccc(Cl)c2)C1. The fourth-order valence-electron chi connectivity index (χ4n) is 5.04. The molecule has 1 saturated carbocycles. The van der Waals surface area contributed by atoms with Crippen molar-refractivity contribution in [3.63, 3.8) is 0 Å². The summed E-state index contributed by atoms with van der Waals surface area (Å²) < 4.78 is 5.49. The Bertz CT molecular complexity index is 1110. The number of benzene rings is 2. The van der Waals surface area contributed by atoms with Crippen LogP contribution in [0.2, 0.25) is 5.02 Å². The molecule has 2 aromatic rings. The highest BCUT2D eigenvalue weighted by molar-refractivity contribution is 6.31. The van der Waals surface area contributed by atoms with E-state index in [-0.39, 0.29) is 42.5 Å². The molecule has 7 nitrogen and oxygen atoms in total. The van der Waals surface area contributed by atoms with Gasteiger partial charge in [-0.1, -0.05) is 30.5 Å². The van der Waals surface area contributed by atoms with E-state index in [2.05, 4.69) is 0 Å². The first-order valence-corrected chi connectivity index (χ1v) is 11.6. The highest BCUT2D eigenvalue weighted by Gasteiger charge is 2.48. The van der Waals surface area contributed by atoms with Gasteiger partial charge in [0.2, 0.25) is 17.7 Å². The number of amides is 3. The summed E-state index contributed by atoms with van der Waals surface area (Å²) in [4.78, 5) is 53.4. The topological polar surface area (TPSA) is 84.0 Å². The second kappa shape index (κ2) is 8.63. The summed E-state index contributed by atoms with van der Waals surface area (Å²) in [6, 6.07) is 13.3. The molecule has 3 amide bonds. The van der Waals surface area contributed by atoms with Gasteiger partial charge in [-0.25, -0.2) is 0 Å². The van der Waals surface area contributed by atoms with Gasteiger partial charge < -0.3 is 9.64 Å². The Kier molecular flexibility index (Phi) is 5.66. The summed E-state index contributed by atoms with van der Waals surface area (Å²) >= 11 is 6.02. The van der Waals surface area contributed by atoms with E-state index < -0.39 is 11.9 Å². The number of hydrogen-bond donors (Lipinski definition) is 0. The van der Waals surface area contributed by atoms with E-state index in [1.54, 1.807) is 48.5 Å². The van der Waals surface area contributed by atoms with Gasteiger partial charge in [0.05, 0.1) is 23.4 Å². The molecule has 3 atom stereocenters. The van der Waals surface area contributed by atoms with Gasteiger partial charge in [0, 0.05) is 23.7 Å². The van der Waals surface area contributed by atoms with E-state index in [1.165, 1.54) is 9.80 Å². The lowest BCUT2D eigenvalue weighted by atomic mass is 9.81. The minimum Gasteiger partial charge on any atom is -0.426 e. The standard InChI is InChI=1S/C25H23ClN2O5/c26-16-4-3-5-18(13-16)27-14-15(12-22(27)29)25(32)33-19-10-8-17(9-11-19)28-23(30)20-6-1-2-7-21(20)24(28)31/h3-5,8-11,13,15,20-21H,1-2,6-7,12,14H2/t15-,20-,21+/m0/s1. The largest absolute Gasteiger partial charge is 0.426 e. The van der Waals surface area contributed by atoms with Gasteiger partial charge in [-0.3, -0.25) is 24.1 Å². The number of fused-ring (bicyclic) bond motifs is 1. The molecule has 2 aromatic carbocycles. The summed E-state index contributed by atoms with van der Waals surface area (Å²) in [6.07, 6.45) is 3.52. The van der Waals surface area contributed by atoms with Crippen LogP contribution in [0.25, 0.3) is 0 Å². The Hall–Kier alpha value is -3.19. The first kappa shape index (κ1) is 21.6. The molecule has 0 bridgehead atoms. The number of carbonyl (C=O) groups is 4. The van der Waals surface area contributed by atoms with Gasteiger partial charge in [0.25, 0.3) is 0 Å². The van der Waals surface area contributed by atoms with E-state index >= 15 is 0 Å². The maximum absolute atomic E-state index is 12.8. The van der Waals surface area contributed by atoms with Crippen molar-refractivity contribution in [2.75, 3.05) is 16.3 Å². The zero-order valence-electron chi connectivity index (χ0n) is 17.9. The molecule has 0 N–H and O–H groups in total. The fraction of sp³-hybridized carbons (Fsp3) is 0.360. The molecule has 2 heterocycles. The number of ether oxygens (including phenoxy) is 1. The van der Waals surface area contributed by atoms with Crippen LogP contribution in [-0.2, 0) is 19.2 Å². The van der Waals surface area contributed by atoms with Crippen LogP contribution in [-0.4, -0.2) is 30.2 Å². The van der Waals surface area contributed by atoms with Crippen LogP contribution >= 0.6 is 11.6 Å². The Labute approximate surface area is 196 Å². The zero-order chi connectivity index (χ0) is 23.1. The number of hydrogen-bond acceptors (Lipinski definition) is 5. The van der Waals surface area contributed by atoms with Crippen LogP contribution in [0.4, 0.5) is 11.4 Å². The van der Waals surface area contributed by atoms with Crippen molar-refractivity contribution in [3.8, 4) is 5.75 Å². The molecule has 2 saturated heterocycles. The van der Waals surface area contributed by atoms with E-state index in [0.29, 0.717) is 22.1 Å². The zero-order valence-corrected chi connectivity index (χ0v) is 18.7. The van der Waals surface area contributed by atoms with Crippen molar-refractivity contribution in [2.24, 2.45) is 17.8 Å². The lowest BCUT2D eigenvalue weighted by Gasteiger charge is -2.19. The minimum atomic E-state index is -0.596. The molecule has 5 rings (SSSR count). The van der Waals surface area contributed by atoms with E-state index in [1.807, 2.05) is 0 Å². The van der Waals surface area contributed by atoms with Crippen LogP contribution in [0.3, 0.4) is 0 Å². The van der Waals surface area contributed by atoms with E-state index in [9.17, 15) is 19.2 Å². The Morgan fingerprint density at radius 1 is 0.909 bits per heavy atom. The maximum atomic E-state index is 12.8. The van der Waals surface area contributed by atoms with Gasteiger partial charge in [-0.2, -0.15) is 0 Å². The lowest BCUT2D eigenvalue weighted by molar-refractivity contribution is -0.139. The normalized spacial score (nSPS) is 24.9. The van der Waals surface area contributed by atoms with Crippen LogP contribution in [0.15, 0.2) is 48.5 Å². The summed E-state index contributed by atoms with van der Waals surface area (Å²) in [5.74, 6) is -1.67. The van der Waals surface area contributed by atoms with E-state index in [0.717, 1.165) is 25.7 Å². The number of imide groups is 1. The smallest absolute Gasteiger partial charge is 0.316 e. The molecule has 2 aliphatic heterocycles. The van der Waals surface area contributed by atoms with Gasteiger partial charge >= 0.3 is 5.97 Å². The number of anilines is 2. The fourth-order valence-corrected chi connectivity index (χ4v) is 5.22. The van der Waals surface area contributed by atoms with Crippen molar-refractivity contribution in [3.05, 3.63) is 53.6 Å². The van der Waals surface area contributed by atoms with Crippen LogP contribution in [0, 0.1) is 17.8 Å². The Morgan fingerprint density at radius 2 is 1.58 bits per heavy atom. The molecule has 3 fully saturated rings. The molecular weight excluding hydrogens is 444 g/mol. The van der Waals surface area contributed by atoms with Gasteiger partial charge in [-0.15, -0.1) is 0 Å². The number of carbonyl (C=O) groups excluding carboxylic acids is 4. The summed E-state index contributed by atoms with van der Waals surface area (Å²) in [5, 5.41) is 0.514. The van der Waals surface area contributed by atoms with Gasteiger partial charge in [-0.05, 0) is 55.3 Å². The lowest BCUT2D eigenvalue weighted by Crippen LogP contribution is -2.30. The minimum absolute atomic E-state index is 0.0585. The average Bonchev–Trinajstić information content (AvgIpc) is 3.32. The van der Waals surface area contributed by atoms with Crippen LogP contribution in [0.1, 0.15) is 32.1 Å². The summed E-state index contributed by atoms with van der Waals surface area (Å²) in [7, 11) is 0. The Balaban J connectivity index is 1.24. The summed E-state index contributed by atoms with van der Waals surface area (Å²) in [6.45, 7) is 0.218. The molecule has 3 aliphatic rings. The quantitative estimate of drug-likeness (QED) is 0.386. The van der Waals surface area contributed by atoms with Gasteiger partial charge in [0.1, 0.15) is 5.75 Å². The monoisotopic (exact) mass is 466 g/mol. The van der Waals surface area contributed by atoms with Crippen molar-refractivity contribution in [1.29, 1.82) is 0 Å². The molecule has 0 radical (unpaired) electrons. The van der Waals surface area contributed by atoms with Crippen molar-refractivity contribution in [2.45, 2.75) is 32.1 Å². The van der Waals surface area contributed by atoms with Crippen LogP contribution < -0.4 is 14.5 Å². The highest BCUT2D eigenvalue weighted by Crippen LogP contribution is 2.40. The highest BCUT2D eigenvalue weighted by atomic mass is 35.5. The second-order valence-electron chi connectivity index (χ2n) is 8.81. The maximum Gasteiger partial charge on any atom is 0.316 e. The predicted octanol–water partition coefficient (Wildman–Crippen LogP) is 3.98. The number of esters is 1. The number of halogens is 1. The van der Waals surface area contributed by atoms with Crippen molar-refractivity contribution < 1.29 is 23.9 Å². The number of nitrogens with zero attached hydrogens (tertiary/aromatic N) is 2. The average molecular weight is 467 g/mol. The third-order valence-corrected chi connectivity index (χ3v) is 6.97. The molecule has 0 unspecified atom stereocenters. The predicted molar refractivity (Wildman–Crippen MR) is 122 cm³/mol. The molecule has 170 valence electrons. The molecule has 0 aromatic heterocycles. The van der Waals surface area contributed by atoms with E-state index in [4.69, 9.17) is 16.3 Å². The number of rotatable bonds is 4. The third-order valence-electron chi connectivity index (χ3n) is 6.73. The van der Waals surface area contributed by atoms with Crippen molar-refractivity contribution in [1.82, 2.24) is 0 Å².